The lowest BCUT2D eigenvalue weighted by molar-refractivity contribution is 0.318. The summed E-state index contributed by atoms with van der Waals surface area (Å²) >= 11 is 5.96. The van der Waals surface area contributed by atoms with Crippen LogP contribution in [0.1, 0.15) is 19.2 Å². The van der Waals surface area contributed by atoms with E-state index in [1.54, 1.807) is 6.07 Å². The molecule has 0 aliphatic carbocycles. The Labute approximate surface area is 112 Å². The van der Waals surface area contributed by atoms with Gasteiger partial charge in [-0.1, -0.05) is 30.7 Å². The van der Waals surface area contributed by atoms with E-state index in [-0.39, 0.29) is 0 Å². The van der Waals surface area contributed by atoms with Crippen molar-refractivity contribution in [1.82, 2.24) is 9.97 Å². The van der Waals surface area contributed by atoms with E-state index in [1.165, 1.54) is 0 Å². The van der Waals surface area contributed by atoms with Crippen molar-refractivity contribution >= 4 is 11.6 Å². The van der Waals surface area contributed by atoms with Crippen LogP contribution in [0, 0.1) is 6.92 Å². The van der Waals surface area contributed by atoms with E-state index in [0.29, 0.717) is 17.6 Å². The average Bonchev–Trinajstić information content (AvgIpc) is 2.35. The molecule has 18 heavy (non-hydrogen) atoms. The number of ether oxygens (including phenoxy) is 1. The fourth-order valence-electron chi connectivity index (χ4n) is 1.69. The SMILES string of the molecule is CCCOc1ccccc1-c1cc(Cl)nc(C)n1. The average molecular weight is 263 g/mol. The van der Waals surface area contributed by atoms with Gasteiger partial charge in [0.1, 0.15) is 16.7 Å². The molecule has 1 aromatic heterocycles. The zero-order valence-electron chi connectivity index (χ0n) is 10.5. The van der Waals surface area contributed by atoms with Gasteiger partial charge >= 0.3 is 0 Å². The Balaban J connectivity index is 2.42. The Morgan fingerprint density at radius 2 is 2.00 bits per heavy atom. The lowest BCUT2D eigenvalue weighted by Gasteiger charge is -2.10. The minimum absolute atomic E-state index is 0.447. The first-order valence-electron chi connectivity index (χ1n) is 5.94. The van der Waals surface area contributed by atoms with Crippen LogP contribution in [0.2, 0.25) is 5.15 Å². The first kappa shape index (κ1) is 12.8. The fraction of sp³-hybridized carbons (Fsp3) is 0.286. The lowest BCUT2D eigenvalue weighted by atomic mass is 10.1. The van der Waals surface area contributed by atoms with E-state index in [1.807, 2.05) is 31.2 Å². The molecule has 0 fully saturated rings. The normalized spacial score (nSPS) is 10.4. The zero-order chi connectivity index (χ0) is 13.0. The lowest BCUT2D eigenvalue weighted by Crippen LogP contribution is -1.98. The van der Waals surface area contributed by atoms with Gasteiger partial charge < -0.3 is 4.74 Å². The van der Waals surface area contributed by atoms with Crippen molar-refractivity contribution < 1.29 is 4.74 Å². The summed E-state index contributed by atoms with van der Waals surface area (Å²) in [6.07, 6.45) is 0.970. The molecule has 0 aliphatic heterocycles. The quantitative estimate of drug-likeness (QED) is 0.784. The van der Waals surface area contributed by atoms with Gasteiger partial charge in [0.05, 0.1) is 12.3 Å². The van der Waals surface area contributed by atoms with Crippen LogP contribution in [0.5, 0.6) is 5.75 Å². The summed E-state index contributed by atoms with van der Waals surface area (Å²) in [6.45, 7) is 4.59. The first-order valence-corrected chi connectivity index (χ1v) is 6.32. The summed E-state index contributed by atoms with van der Waals surface area (Å²) in [4.78, 5) is 8.46. The number of rotatable bonds is 4. The molecule has 2 rings (SSSR count). The summed E-state index contributed by atoms with van der Waals surface area (Å²) in [5.41, 5.74) is 1.73. The van der Waals surface area contributed by atoms with Crippen molar-refractivity contribution in [1.29, 1.82) is 0 Å². The number of halogens is 1. The molecule has 0 radical (unpaired) electrons. The van der Waals surface area contributed by atoms with E-state index < -0.39 is 0 Å². The maximum absolute atomic E-state index is 5.96. The van der Waals surface area contributed by atoms with E-state index in [0.717, 1.165) is 23.4 Å². The van der Waals surface area contributed by atoms with Crippen LogP contribution in [-0.4, -0.2) is 16.6 Å². The number of benzene rings is 1. The van der Waals surface area contributed by atoms with E-state index in [2.05, 4.69) is 16.9 Å². The van der Waals surface area contributed by atoms with Crippen molar-refractivity contribution in [2.24, 2.45) is 0 Å². The van der Waals surface area contributed by atoms with Crippen LogP contribution in [0.25, 0.3) is 11.3 Å². The van der Waals surface area contributed by atoms with E-state index in [4.69, 9.17) is 16.3 Å². The summed E-state index contributed by atoms with van der Waals surface area (Å²) in [5, 5.41) is 0.447. The van der Waals surface area contributed by atoms with Gasteiger partial charge in [0.15, 0.2) is 0 Å². The molecule has 0 spiro atoms. The Kier molecular flexibility index (Phi) is 4.15. The van der Waals surface area contributed by atoms with Crippen LogP contribution in [-0.2, 0) is 0 Å². The van der Waals surface area contributed by atoms with Crippen molar-refractivity contribution in [3.63, 3.8) is 0 Å². The third-order valence-corrected chi connectivity index (χ3v) is 2.63. The van der Waals surface area contributed by atoms with Gasteiger partial charge in [-0.05, 0) is 25.5 Å². The molecule has 0 atom stereocenters. The number of aromatic nitrogens is 2. The topological polar surface area (TPSA) is 35.0 Å². The molecule has 4 heteroatoms. The molecule has 1 aromatic carbocycles. The highest BCUT2D eigenvalue weighted by molar-refractivity contribution is 6.29. The molecule has 0 N–H and O–H groups in total. The van der Waals surface area contributed by atoms with Gasteiger partial charge in [-0.2, -0.15) is 0 Å². The third-order valence-electron chi connectivity index (χ3n) is 2.43. The fourth-order valence-corrected chi connectivity index (χ4v) is 1.91. The molecule has 0 aliphatic rings. The molecule has 0 saturated carbocycles. The Bertz CT molecular complexity index is 523. The van der Waals surface area contributed by atoms with Gasteiger partial charge in [0, 0.05) is 11.6 Å². The first-order chi connectivity index (χ1) is 8.70. The number of hydrogen-bond acceptors (Lipinski definition) is 3. The second kappa shape index (κ2) is 5.83. The molecule has 0 saturated heterocycles. The van der Waals surface area contributed by atoms with Crippen molar-refractivity contribution in [3.05, 3.63) is 41.3 Å². The van der Waals surface area contributed by atoms with Crippen molar-refractivity contribution in [2.75, 3.05) is 6.61 Å². The molecule has 1 heterocycles. The predicted molar refractivity (Wildman–Crippen MR) is 73.0 cm³/mol. The smallest absolute Gasteiger partial charge is 0.133 e. The molecular weight excluding hydrogens is 248 g/mol. The van der Waals surface area contributed by atoms with Gasteiger partial charge in [0.2, 0.25) is 0 Å². The van der Waals surface area contributed by atoms with Crippen molar-refractivity contribution in [3.8, 4) is 17.0 Å². The molecule has 0 amide bonds. The zero-order valence-corrected chi connectivity index (χ0v) is 11.2. The van der Waals surface area contributed by atoms with Gasteiger partial charge in [-0.3, -0.25) is 0 Å². The molecule has 2 aromatic rings. The maximum Gasteiger partial charge on any atom is 0.133 e. The van der Waals surface area contributed by atoms with Gasteiger partial charge in [-0.25, -0.2) is 9.97 Å². The largest absolute Gasteiger partial charge is 0.493 e. The van der Waals surface area contributed by atoms with Gasteiger partial charge in [0.25, 0.3) is 0 Å². The summed E-state index contributed by atoms with van der Waals surface area (Å²) in [6, 6.07) is 9.58. The Morgan fingerprint density at radius 1 is 1.22 bits per heavy atom. The van der Waals surface area contributed by atoms with Crippen LogP contribution in [0.4, 0.5) is 0 Å². The van der Waals surface area contributed by atoms with Gasteiger partial charge in [-0.15, -0.1) is 0 Å². The van der Waals surface area contributed by atoms with E-state index in [9.17, 15) is 0 Å². The predicted octanol–water partition coefficient (Wildman–Crippen LogP) is 3.89. The minimum atomic E-state index is 0.447. The summed E-state index contributed by atoms with van der Waals surface area (Å²) in [7, 11) is 0. The number of aryl methyl sites for hydroxylation is 1. The maximum atomic E-state index is 5.96. The van der Waals surface area contributed by atoms with Crippen LogP contribution in [0.15, 0.2) is 30.3 Å². The number of para-hydroxylation sites is 1. The molecule has 3 nitrogen and oxygen atoms in total. The summed E-state index contributed by atoms with van der Waals surface area (Å²) < 4.78 is 5.72. The third kappa shape index (κ3) is 2.99. The second-order valence-corrected chi connectivity index (χ2v) is 4.35. The van der Waals surface area contributed by atoms with Crippen LogP contribution >= 0.6 is 11.6 Å². The highest BCUT2D eigenvalue weighted by Gasteiger charge is 2.08. The van der Waals surface area contributed by atoms with Crippen LogP contribution in [0.3, 0.4) is 0 Å². The molecule has 0 unspecified atom stereocenters. The Hall–Kier alpha value is -1.61. The Morgan fingerprint density at radius 3 is 2.72 bits per heavy atom. The van der Waals surface area contributed by atoms with Crippen molar-refractivity contribution in [2.45, 2.75) is 20.3 Å². The highest BCUT2D eigenvalue weighted by atomic mass is 35.5. The monoisotopic (exact) mass is 262 g/mol. The van der Waals surface area contributed by atoms with E-state index >= 15 is 0 Å². The summed E-state index contributed by atoms with van der Waals surface area (Å²) in [5.74, 6) is 1.48. The molecule has 0 bridgehead atoms. The molecular formula is C14H15ClN2O. The number of hydrogen-bond donors (Lipinski definition) is 0. The highest BCUT2D eigenvalue weighted by Crippen LogP contribution is 2.29. The standard InChI is InChI=1S/C14H15ClN2O/c1-3-8-18-13-7-5-4-6-11(13)12-9-14(15)17-10(2)16-12/h4-7,9H,3,8H2,1-2H3. The van der Waals surface area contributed by atoms with Crippen LogP contribution < -0.4 is 4.74 Å². The molecule has 94 valence electrons. The number of nitrogens with zero attached hydrogens (tertiary/aromatic N) is 2. The second-order valence-electron chi connectivity index (χ2n) is 3.97. The minimum Gasteiger partial charge on any atom is -0.493 e.